The van der Waals surface area contributed by atoms with Crippen LogP contribution < -0.4 is 0 Å². The Balaban J connectivity index is 0. The molecule has 0 saturated heterocycles. The van der Waals surface area contributed by atoms with Crippen LogP contribution in [0.5, 0.6) is 0 Å². The molecule has 0 aliphatic heterocycles. The molecule has 0 rings (SSSR count). The van der Waals surface area contributed by atoms with Gasteiger partial charge in [-0.25, -0.2) is 9.78 Å². The van der Waals surface area contributed by atoms with Crippen LogP contribution in [0.4, 0.5) is 0 Å². The highest BCUT2D eigenvalue weighted by Gasteiger charge is 1.91. The van der Waals surface area contributed by atoms with Gasteiger partial charge in [0.2, 0.25) is 0 Å². The van der Waals surface area contributed by atoms with E-state index in [-0.39, 0.29) is 12.2 Å². The van der Waals surface area contributed by atoms with Gasteiger partial charge in [0, 0.05) is 0 Å². The molecule has 0 atom stereocenters. The molecule has 0 unspecified atom stereocenters. The van der Waals surface area contributed by atoms with Crippen molar-refractivity contribution >= 4 is 24.1 Å². The number of allylic oxidation sites excluding steroid dienone is 2. The Morgan fingerprint density at radius 2 is 1.37 bits per heavy atom. The minimum atomic E-state index is 0.127. The fourth-order valence-electron chi connectivity index (χ4n) is 0.439. The van der Waals surface area contributed by atoms with E-state index in [1.807, 2.05) is 57.6 Å². The summed E-state index contributed by atoms with van der Waals surface area (Å²) >= 11 is 2.38. The summed E-state index contributed by atoms with van der Waals surface area (Å²) < 4.78 is 9.39. The first-order valence-corrected chi connectivity index (χ1v) is 7.89. The Morgan fingerprint density at radius 1 is 0.895 bits per heavy atom. The number of hydrogen-bond acceptors (Lipinski definition) is 6. The molecule has 0 radical (unpaired) electrons. The van der Waals surface area contributed by atoms with Gasteiger partial charge in [0.15, 0.2) is 0 Å². The van der Waals surface area contributed by atoms with Crippen LogP contribution in [0.1, 0.15) is 48.0 Å². The first-order valence-electron chi connectivity index (χ1n) is 6.28. The van der Waals surface area contributed by atoms with Crippen LogP contribution in [-0.4, -0.2) is 12.2 Å². The maximum Gasteiger partial charge on any atom is 0.0886 e. The second kappa shape index (κ2) is 18.0. The first-order chi connectivity index (χ1) is 9.04. The maximum absolute atomic E-state index is 4.80. The lowest BCUT2D eigenvalue weighted by Gasteiger charge is -2.01. The predicted molar refractivity (Wildman–Crippen MR) is 84.0 cm³/mol. The fourth-order valence-corrected chi connectivity index (χ4v) is 1.32. The average molecular weight is 310 g/mol. The molecule has 19 heavy (non-hydrogen) atoms. The average Bonchev–Trinajstić information content (AvgIpc) is 2.35. The van der Waals surface area contributed by atoms with E-state index in [0.717, 1.165) is 6.42 Å². The van der Waals surface area contributed by atoms with E-state index in [1.165, 1.54) is 24.1 Å². The maximum atomic E-state index is 4.80. The SMILES string of the molecule is C/C=C\SOOC(C)C.CC/C=C/SOOC(C)C. The van der Waals surface area contributed by atoms with Crippen molar-refractivity contribution in [2.24, 2.45) is 0 Å². The van der Waals surface area contributed by atoms with E-state index in [2.05, 4.69) is 11.3 Å². The molecule has 6 heteroatoms. The third-order valence-corrected chi connectivity index (χ3v) is 2.12. The normalized spacial score (nSPS) is 11.6. The summed E-state index contributed by atoms with van der Waals surface area (Å²) in [5, 5.41) is 3.67. The smallest absolute Gasteiger partial charge is 0.0886 e. The van der Waals surface area contributed by atoms with Crippen LogP contribution in [0.25, 0.3) is 0 Å². The van der Waals surface area contributed by atoms with Gasteiger partial charge in [-0.1, -0.05) is 19.1 Å². The number of rotatable bonds is 9. The van der Waals surface area contributed by atoms with Crippen molar-refractivity contribution in [3.05, 3.63) is 23.0 Å². The molecule has 0 aliphatic carbocycles. The van der Waals surface area contributed by atoms with Gasteiger partial charge in [-0.3, -0.25) is 0 Å². The zero-order chi connectivity index (χ0) is 14.9. The van der Waals surface area contributed by atoms with Crippen molar-refractivity contribution in [3.63, 3.8) is 0 Å². The molecule has 0 amide bonds. The van der Waals surface area contributed by atoms with Gasteiger partial charge in [0.25, 0.3) is 0 Å². The molecule has 0 aromatic carbocycles. The van der Waals surface area contributed by atoms with E-state index in [0.29, 0.717) is 0 Å². The molecule has 0 aliphatic rings. The van der Waals surface area contributed by atoms with Crippen LogP contribution in [0.3, 0.4) is 0 Å². The van der Waals surface area contributed by atoms with Gasteiger partial charge >= 0.3 is 0 Å². The van der Waals surface area contributed by atoms with E-state index < -0.39 is 0 Å². The molecule has 0 N–H and O–H groups in total. The first kappa shape index (κ1) is 21.3. The summed E-state index contributed by atoms with van der Waals surface area (Å²) in [5.41, 5.74) is 0. The zero-order valence-corrected chi connectivity index (χ0v) is 14.3. The predicted octanol–water partition coefficient (Wildman–Crippen LogP) is 5.44. The van der Waals surface area contributed by atoms with Gasteiger partial charge in [0.05, 0.1) is 36.3 Å². The van der Waals surface area contributed by atoms with Gasteiger partial charge in [-0.05, 0) is 51.9 Å². The lowest BCUT2D eigenvalue weighted by molar-refractivity contribution is -0.219. The second-order valence-corrected chi connectivity index (χ2v) is 5.07. The fraction of sp³-hybridized carbons (Fsp3) is 0.692. The molecule has 0 bridgehead atoms. The molecule has 0 aromatic heterocycles. The highest BCUT2D eigenvalue weighted by molar-refractivity contribution is 7.97. The summed E-state index contributed by atoms with van der Waals surface area (Å²) in [6.07, 6.45) is 5.17. The quantitative estimate of drug-likeness (QED) is 0.244. The van der Waals surface area contributed by atoms with E-state index in [9.17, 15) is 0 Å². The summed E-state index contributed by atoms with van der Waals surface area (Å²) in [6, 6.07) is 0. The van der Waals surface area contributed by atoms with Crippen LogP contribution in [-0.2, 0) is 18.4 Å². The lowest BCUT2D eigenvalue weighted by Crippen LogP contribution is -1.98. The highest BCUT2D eigenvalue weighted by Crippen LogP contribution is 2.07. The lowest BCUT2D eigenvalue weighted by atomic mass is 10.5. The largest absolute Gasteiger partial charge is 0.221 e. The van der Waals surface area contributed by atoms with Crippen molar-refractivity contribution in [3.8, 4) is 0 Å². The monoisotopic (exact) mass is 310 g/mol. The molecule has 0 heterocycles. The van der Waals surface area contributed by atoms with Crippen molar-refractivity contribution in [1.29, 1.82) is 0 Å². The molecular formula is C13H26O4S2. The molecule has 0 saturated carbocycles. The molecular weight excluding hydrogens is 284 g/mol. The Labute approximate surface area is 126 Å². The van der Waals surface area contributed by atoms with Crippen LogP contribution in [0.15, 0.2) is 23.0 Å². The van der Waals surface area contributed by atoms with Gasteiger partial charge in [0.1, 0.15) is 0 Å². The van der Waals surface area contributed by atoms with Crippen LogP contribution >= 0.6 is 24.1 Å². The Bertz CT molecular complexity index is 219. The molecule has 114 valence electrons. The summed E-state index contributed by atoms with van der Waals surface area (Å²) in [4.78, 5) is 9.56. The second-order valence-electron chi connectivity index (χ2n) is 3.87. The minimum absolute atomic E-state index is 0.127. The highest BCUT2D eigenvalue weighted by atomic mass is 32.2. The van der Waals surface area contributed by atoms with Crippen LogP contribution in [0, 0.1) is 0 Å². The minimum Gasteiger partial charge on any atom is -0.221 e. The molecule has 0 spiro atoms. The summed E-state index contributed by atoms with van der Waals surface area (Å²) in [5.74, 6) is 0. The topological polar surface area (TPSA) is 36.9 Å². The summed E-state index contributed by atoms with van der Waals surface area (Å²) in [6.45, 7) is 11.7. The Kier molecular flexibility index (Phi) is 20.2. The third-order valence-electron chi connectivity index (χ3n) is 1.12. The van der Waals surface area contributed by atoms with Gasteiger partial charge in [-0.2, -0.15) is 8.67 Å². The van der Waals surface area contributed by atoms with Crippen LogP contribution in [0.2, 0.25) is 0 Å². The van der Waals surface area contributed by atoms with Gasteiger partial charge in [-0.15, -0.1) is 0 Å². The van der Waals surface area contributed by atoms with Crippen molar-refractivity contribution in [2.45, 2.75) is 60.2 Å². The summed E-state index contributed by atoms with van der Waals surface area (Å²) in [7, 11) is 0. The Hall–Kier alpha value is 0.0200. The van der Waals surface area contributed by atoms with E-state index in [1.54, 1.807) is 0 Å². The molecule has 4 nitrogen and oxygen atoms in total. The zero-order valence-electron chi connectivity index (χ0n) is 12.6. The van der Waals surface area contributed by atoms with E-state index in [4.69, 9.17) is 14.1 Å². The van der Waals surface area contributed by atoms with Gasteiger partial charge < -0.3 is 0 Å². The molecule has 0 fully saturated rings. The molecule has 0 aromatic rings. The van der Waals surface area contributed by atoms with Crippen molar-refractivity contribution in [1.82, 2.24) is 0 Å². The van der Waals surface area contributed by atoms with Crippen molar-refractivity contribution < 1.29 is 18.4 Å². The Morgan fingerprint density at radius 3 is 1.74 bits per heavy atom. The standard InChI is InChI=1S/C7H14O2S.C6H12O2S/c1-4-5-6-10-9-8-7(2)3;1-4-5-9-8-7-6(2)3/h5-7H,4H2,1-3H3;4-6H,1-3H3/b6-5+;5-4-. The number of hydrogen-bond donors (Lipinski definition) is 0. The van der Waals surface area contributed by atoms with Crippen molar-refractivity contribution in [2.75, 3.05) is 0 Å². The van der Waals surface area contributed by atoms with E-state index >= 15 is 0 Å². The third kappa shape index (κ3) is 27.3.